The van der Waals surface area contributed by atoms with Crippen LogP contribution in [0.4, 0.5) is 4.39 Å². The van der Waals surface area contributed by atoms with E-state index < -0.39 is 23.4 Å². The van der Waals surface area contributed by atoms with E-state index in [9.17, 15) is 14.0 Å². The zero-order valence-corrected chi connectivity index (χ0v) is 12.9. The van der Waals surface area contributed by atoms with Crippen LogP contribution in [-0.2, 0) is 4.79 Å². The molecule has 2 aromatic rings. The highest BCUT2D eigenvalue weighted by Crippen LogP contribution is 2.19. The number of amides is 1. The van der Waals surface area contributed by atoms with Crippen LogP contribution in [0.25, 0.3) is 5.69 Å². The molecule has 1 N–H and O–H groups in total. The van der Waals surface area contributed by atoms with Gasteiger partial charge in [-0.1, -0.05) is 0 Å². The molecule has 0 spiro atoms. The van der Waals surface area contributed by atoms with Gasteiger partial charge in [-0.05, 0) is 38.1 Å². The van der Waals surface area contributed by atoms with Gasteiger partial charge in [-0.2, -0.15) is 10.4 Å². The maximum atomic E-state index is 14.3. The number of hydrogen-bond acceptors (Lipinski definition) is 4. The van der Waals surface area contributed by atoms with Crippen LogP contribution in [0, 0.1) is 36.9 Å². The van der Waals surface area contributed by atoms with Crippen molar-refractivity contribution >= 4 is 11.7 Å². The minimum atomic E-state index is -1.50. The molecule has 1 heterocycles. The van der Waals surface area contributed by atoms with Gasteiger partial charge in [0.05, 0.1) is 11.8 Å². The lowest BCUT2D eigenvalue weighted by Crippen LogP contribution is -2.32. The number of ketones is 1. The first-order valence-electron chi connectivity index (χ1n) is 6.87. The average molecular weight is 314 g/mol. The lowest BCUT2D eigenvalue weighted by molar-refractivity contribution is -0.121. The molecular weight excluding hydrogens is 299 g/mol. The first-order chi connectivity index (χ1) is 10.9. The summed E-state index contributed by atoms with van der Waals surface area (Å²) >= 11 is 0. The van der Waals surface area contributed by atoms with Gasteiger partial charge in [0.15, 0.2) is 11.7 Å². The van der Waals surface area contributed by atoms with Crippen molar-refractivity contribution in [1.82, 2.24) is 15.1 Å². The molecule has 1 atom stereocenters. The lowest BCUT2D eigenvalue weighted by atomic mass is 9.97. The second-order valence-corrected chi connectivity index (χ2v) is 5.05. The van der Waals surface area contributed by atoms with Crippen LogP contribution in [0.15, 0.2) is 24.3 Å². The number of nitrogens with zero attached hydrogens (tertiary/aromatic N) is 3. The van der Waals surface area contributed by atoms with Crippen molar-refractivity contribution in [2.75, 3.05) is 7.05 Å². The smallest absolute Gasteiger partial charge is 0.245 e. The van der Waals surface area contributed by atoms with Gasteiger partial charge in [0, 0.05) is 18.3 Å². The molecule has 23 heavy (non-hydrogen) atoms. The molecule has 1 aromatic carbocycles. The Bertz CT molecular complexity index is 820. The van der Waals surface area contributed by atoms with E-state index in [-0.39, 0.29) is 11.3 Å². The van der Waals surface area contributed by atoms with Gasteiger partial charge in [0.2, 0.25) is 5.91 Å². The second kappa shape index (κ2) is 6.40. The van der Waals surface area contributed by atoms with Crippen LogP contribution in [0.2, 0.25) is 0 Å². The monoisotopic (exact) mass is 314 g/mol. The summed E-state index contributed by atoms with van der Waals surface area (Å²) in [6, 6.07) is 7.23. The van der Waals surface area contributed by atoms with Crippen molar-refractivity contribution in [3.63, 3.8) is 0 Å². The van der Waals surface area contributed by atoms with Crippen LogP contribution in [0.3, 0.4) is 0 Å². The van der Waals surface area contributed by atoms with Crippen molar-refractivity contribution in [2.24, 2.45) is 5.92 Å². The molecule has 0 aliphatic rings. The molecule has 0 bridgehead atoms. The number of carbonyl (C=O) groups is 2. The molecule has 1 unspecified atom stereocenters. The van der Waals surface area contributed by atoms with Gasteiger partial charge in [-0.15, -0.1) is 0 Å². The van der Waals surface area contributed by atoms with Gasteiger partial charge < -0.3 is 5.32 Å². The van der Waals surface area contributed by atoms with Gasteiger partial charge in [0.25, 0.3) is 0 Å². The number of hydrogen-bond donors (Lipinski definition) is 1. The molecule has 0 saturated carbocycles. The summed E-state index contributed by atoms with van der Waals surface area (Å²) in [7, 11) is 1.33. The van der Waals surface area contributed by atoms with Crippen LogP contribution < -0.4 is 5.32 Å². The Hall–Kier alpha value is -3.01. The Balaban J connectivity index is 2.40. The van der Waals surface area contributed by atoms with Crippen molar-refractivity contribution in [2.45, 2.75) is 13.8 Å². The third-order valence-electron chi connectivity index (χ3n) is 3.37. The van der Waals surface area contributed by atoms with E-state index in [0.717, 1.165) is 17.5 Å². The van der Waals surface area contributed by atoms with Crippen LogP contribution in [-0.4, -0.2) is 28.5 Å². The number of nitriles is 1. The first kappa shape index (κ1) is 16.4. The third kappa shape index (κ3) is 3.11. The van der Waals surface area contributed by atoms with E-state index in [0.29, 0.717) is 0 Å². The van der Waals surface area contributed by atoms with E-state index in [1.54, 1.807) is 26.0 Å². The van der Waals surface area contributed by atoms with Crippen molar-refractivity contribution in [3.8, 4) is 11.8 Å². The Labute approximate surface area is 132 Å². The fourth-order valence-corrected chi connectivity index (χ4v) is 2.25. The molecular formula is C16H15FN4O2. The summed E-state index contributed by atoms with van der Waals surface area (Å²) in [6.45, 7) is 3.58. The van der Waals surface area contributed by atoms with Crippen molar-refractivity contribution < 1.29 is 14.0 Å². The van der Waals surface area contributed by atoms with Crippen LogP contribution in [0.5, 0.6) is 0 Å². The lowest BCUT2D eigenvalue weighted by Gasteiger charge is -2.10. The Kier molecular flexibility index (Phi) is 4.55. The maximum Gasteiger partial charge on any atom is 0.245 e. The standard InChI is InChI=1S/C16H15FN4O2/c1-9-6-10(2)21(20-9)14-5-4-11(7-13(14)17)15(22)12(8-18)16(23)19-3/h4-7,12H,1-3H3,(H,19,23). The number of nitrogens with one attached hydrogen (secondary N) is 1. The molecule has 0 aliphatic carbocycles. The molecule has 1 amide bonds. The summed E-state index contributed by atoms with van der Waals surface area (Å²) in [5.74, 6) is -3.62. The number of aryl methyl sites for hydroxylation is 2. The maximum absolute atomic E-state index is 14.3. The van der Waals surface area contributed by atoms with E-state index >= 15 is 0 Å². The van der Waals surface area contributed by atoms with Crippen LogP contribution >= 0.6 is 0 Å². The van der Waals surface area contributed by atoms with Gasteiger partial charge in [-0.25, -0.2) is 9.07 Å². The molecule has 2 rings (SSSR count). The number of carbonyl (C=O) groups excluding carboxylic acids is 2. The second-order valence-electron chi connectivity index (χ2n) is 5.05. The molecule has 118 valence electrons. The number of halogens is 1. The van der Waals surface area contributed by atoms with E-state index in [1.807, 2.05) is 0 Å². The van der Waals surface area contributed by atoms with E-state index in [2.05, 4.69) is 10.4 Å². The first-order valence-corrected chi connectivity index (χ1v) is 6.87. The summed E-state index contributed by atoms with van der Waals surface area (Å²) in [4.78, 5) is 23.7. The largest absolute Gasteiger partial charge is 0.358 e. The highest BCUT2D eigenvalue weighted by atomic mass is 19.1. The molecule has 0 radical (unpaired) electrons. The zero-order valence-electron chi connectivity index (χ0n) is 12.9. The highest BCUT2D eigenvalue weighted by Gasteiger charge is 2.27. The van der Waals surface area contributed by atoms with E-state index in [1.165, 1.54) is 23.9 Å². The molecule has 0 aliphatic heterocycles. The number of Topliss-reactive ketones (excluding diaryl/α,β-unsaturated/α-hetero) is 1. The summed E-state index contributed by atoms with van der Waals surface area (Å²) in [6.07, 6.45) is 0. The third-order valence-corrected chi connectivity index (χ3v) is 3.37. The number of rotatable bonds is 4. The van der Waals surface area contributed by atoms with Gasteiger partial charge in [-0.3, -0.25) is 9.59 Å². The molecule has 7 heteroatoms. The fourth-order valence-electron chi connectivity index (χ4n) is 2.25. The number of benzene rings is 1. The molecule has 0 fully saturated rings. The van der Waals surface area contributed by atoms with Gasteiger partial charge >= 0.3 is 0 Å². The predicted octanol–water partition coefficient (Wildman–Crippen LogP) is 1.70. The Morgan fingerprint density at radius 2 is 2.04 bits per heavy atom. The minimum absolute atomic E-state index is 0.0390. The van der Waals surface area contributed by atoms with E-state index in [4.69, 9.17) is 5.26 Å². The quantitative estimate of drug-likeness (QED) is 0.687. The number of aromatic nitrogens is 2. The van der Waals surface area contributed by atoms with Crippen molar-refractivity contribution in [1.29, 1.82) is 5.26 Å². The summed E-state index contributed by atoms with van der Waals surface area (Å²) in [5.41, 5.74) is 1.65. The van der Waals surface area contributed by atoms with Crippen LogP contribution in [0.1, 0.15) is 21.7 Å². The fraction of sp³-hybridized carbons (Fsp3) is 0.250. The minimum Gasteiger partial charge on any atom is -0.358 e. The average Bonchev–Trinajstić information content (AvgIpc) is 2.85. The SMILES string of the molecule is CNC(=O)C(C#N)C(=O)c1ccc(-n2nc(C)cc2C)c(F)c1. The van der Waals surface area contributed by atoms with Gasteiger partial charge in [0.1, 0.15) is 11.5 Å². The normalized spacial score (nSPS) is 11.6. The predicted molar refractivity (Wildman–Crippen MR) is 80.5 cm³/mol. The molecule has 6 nitrogen and oxygen atoms in total. The topological polar surface area (TPSA) is 87.8 Å². The molecule has 0 saturated heterocycles. The Morgan fingerprint density at radius 1 is 1.35 bits per heavy atom. The summed E-state index contributed by atoms with van der Waals surface area (Å²) < 4.78 is 15.8. The molecule has 1 aromatic heterocycles. The van der Waals surface area contributed by atoms with Crippen molar-refractivity contribution in [3.05, 3.63) is 47.0 Å². The zero-order chi connectivity index (χ0) is 17.1. The Morgan fingerprint density at radius 3 is 2.52 bits per heavy atom. The summed E-state index contributed by atoms with van der Waals surface area (Å²) in [5, 5.41) is 15.4. The highest BCUT2D eigenvalue weighted by molar-refractivity contribution is 6.12.